The molecule has 112 valence electrons. The van der Waals surface area contributed by atoms with Gasteiger partial charge in [-0.05, 0) is 25.7 Å². The molecule has 0 aliphatic carbocycles. The molecule has 0 unspecified atom stereocenters. The molecule has 21 heavy (non-hydrogen) atoms. The highest BCUT2D eigenvalue weighted by Crippen LogP contribution is 2.29. The highest BCUT2D eigenvalue weighted by molar-refractivity contribution is 7.94. The monoisotopic (exact) mass is 303 g/mol. The molecule has 0 saturated heterocycles. The van der Waals surface area contributed by atoms with Crippen molar-refractivity contribution in [2.45, 2.75) is 13.1 Å². The molecule has 5 nitrogen and oxygen atoms in total. The Morgan fingerprint density at radius 3 is 2.90 bits per heavy atom. The Hall–Kier alpha value is -1.50. The molecule has 6 heteroatoms. The average molecular weight is 303 g/mol. The Kier molecular flexibility index (Phi) is 4.48. The van der Waals surface area contributed by atoms with Crippen LogP contribution in [-0.4, -0.2) is 45.8 Å². The van der Waals surface area contributed by atoms with Crippen LogP contribution in [0.1, 0.15) is 11.3 Å². The lowest BCUT2D eigenvalue weighted by Crippen LogP contribution is -2.29. The molecular formula is C15H21N5S. The number of nitrogens with zero attached hydrogens (tertiary/aromatic N) is 4. The van der Waals surface area contributed by atoms with Gasteiger partial charge in [-0.25, -0.2) is 13.6 Å². The molecule has 0 bridgehead atoms. The molecule has 2 aromatic rings. The Balaban J connectivity index is 1.82. The minimum atomic E-state index is 0.873. The normalized spacial score (nSPS) is 16.0. The van der Waals surface area contributed by atoms with Gasteiger partial charge in [0.25, 0.3) is 0 Å². The van der Waals surface area contributed by atoms with Crippen molar-refractivity contribution in [1.82, 2.24) is 18.6 Å². The zero-order valence-electron chi connectivity index (χ0n) is 12.5. The number of hydrogen-bond acceptors (Lipinski definition) is 5. The predicted octanol–water partition coefficient (Wildman–Crippen LogP) is 2.36. The number of nitrogens with one attached hydrogen (secondary N) is 1. The summed E-state index contributed by atoms with van der Waals surface area (Å²) < 4.78 is 4.55. The molecule has 0 radical (unpaired) electrons. The summed E-state index contributed by atoms with van der Waals surface area (Å²) in [5.41, 5.74) is 3.86. The van der Waals surface area contributed by atoms with Crippen LogP contribution in [0.25, 0.3) is 0 Å². The molecule has 1 aromatic carbocycles. The van der Waals surface area contributed by atoms with E-state index < -0.39 is 0 Å². The van der Waals surface area contributed by atoms with Crippen molar-refractivity contribution in [3.63, 3.8) is 0 Å². The number of H-pyrrole nitrogens is 1. The lowest BCUT2D eigenvalue weighted by Gasteiger charge is -2.24. The molecule has 1 aromatic heterocycles. The molecule has 3 rings (SSSR count). The average Bonchev–Trinajstić information content (AvgIpc) is 2.90. The van der Waals surface area contributed by atoms with Crippen LogP contribution >= 0.6 is 12.1 Å². The van der Waals surface area contributed by atoms with Crippen molar-refractivity contribution in [3.8, 4) is 0 Å². The maximum Gasteiger partial charge on any atom is 0.0922 e. The summed E-state index contributed by atoms with van der Waals surface area (Å²) >= 11 is 1.78. The van der Waals surface area contributed by atoms with Gasteiger partial charge < -0.3 is 9.88 Å². The molecule has 0 fully saturated rings. The molecule has 0 atom stereocenters. The van der Waals surface area contributed by atoms with Crippen molar-refractivity contribution in [2.75, 3.05) is 32.1 Å². The Labute approximate surface area is 130 Å². The molecule has 1 aliphatic rings. The van der Waals surface area contributed by atoms with Crippen LogP contribution in [-0.2, 0) is 13.1 Å². The summed E-state index contributed by atoms with van der Waals surface area (Å²) in [5, 5.41) is 0. The molecule has 1 aliphatic heterocycles. The van der Waals surface area contributed by atoms with Crippen LogP contribution in [0.2, 0.25) is 0 Å². The molecule has 0 saturated carbocycles. The number of aromatic nitrogens is 2. The summed E-state index contributed by atoms with van der Waals surface area (Å²) in [6.07, 6.45) is 3.65. The highest BCUT2D eigenvalue weighted by atomic mass is 32.2. The van der Waals surface area contributed by atoms with Crippen molar-refractivity contribution < 1.29 is 0 Å². The third kappa shape index (κ3) is 3.58. The minimum absolute atomic E-state index is 0.873. The Bertz CT molecular complexity index is 569. The van der Waals surface area contributed by atoms with Gasteiger partial charge in [0.1, 0.15) is 0 Å². The van der Waals surface area contributed by atoms with Crippen LogP contribution in [0.4, 0.5) is 5.69 Å². The third-order valence-electron chi connectivity index (χ3n) is 3.49. The summed E-state index contributed by atoms with van der Waals surface area (Å²) in [4.78, 5) is 9.75. The standard InChI is InChI=1S/C15H21N5S/c1-18(2)21-20-8-7-19(11-14-9-16-12-17-14)15-6-4-3-5-13(15)10-20/h3-6,9,12H,7-8,10-11H2,1-2H3,(H,16,17). The fourth-order valence-electron chi connectivity index (χ4n) is 2.62. The fourth-order valence-corrected chi connectivity index (χ4v) is 3.44. The van der Waals surface area contributed by atoms with Gasteiger partial charge in [0.05, 0.1) is 18.6 Å². The second-order valence-corrected chi connectivity index (χ2v) is 6.79. The molecular weight excluding hydrogens is 282 g/mol. The first-order valence-corrected chi connectivity index (χ1v) is 7.86. The van der Waals surface area contributed by atoms with Crippen molar-refractivity contribution in [3.05, 3.63) is 48.0 Å². The lowest BCUT2D eigenvalue weighted by atomic mass is 10.1. The van der Waals surface area contributed by atoms with Crippen molar-refractivity contribution in [2.24, 2.45) is 0 Å². The smallest absolute Gasteiger partial charge is 0.0922 e. The Morgan fingerprint density at radius 2 is 2.14 bits per heavy atom. The maximum atomic E-state index is 4.12. The molecule has 0 amide bonds. The largest absolute Gasteiger partial charge is 0.364 e. The van der Waals surface area contributed by atoms with E-state index in [9.17, 15) is 0 Å². The quantitative estimate of drug-likeness (QED) is 0.878. The van der Waals surface area contributed by atoms with E-state index in [1.165, 1.54) is 11.3 Å². The lowest BCUT2D eigenvalue weighted by molar-refractivity contribution is 0.462. The first-order chi connectivity index (χ1) is 10.2. The van der Waals surface area contributed by atoms with E-state index in [1.54, 1.807) is 18.5 Å². The van der Waals surface area contributed by atoms with Gasteiger partial charge in [-0.2, -0.15) is 0 Å². The zero-order valence-corrected chi connectivity index (χ0v) is 13.3. The number of imidazole rings is 1. The van der Waals surface area contributed by atoms with E-state index in [1.807, 2.05) is 6.20 Å². The topological polar surface area (TPSA) is 38.4 Å². The summed E-state index contributed by atoms with van der Waals surface area (Å²) in [7, 11) is 4.17. The number of benzene rings is 1. The first-order valence-electron chi connectivity index (χ1n) is 7.13. The van der Waals surface area contributed by atoms with Crippen molar-refractivity contribution in [1.29, 1.82) is 0 Å². The summed E-state index contributed by atoms with van der Waals surface area (Å²) in [5.74, 6) is 0. The number of rotatable bonds is 4. The first kappa shape index (κ1) is 14.4. The van der Waals surface area contributed by atoms with E-state index in [4.69, 9.17) is 0 Å². The van der Waals surface area contributed by atoms with Gasteiger partial charge in [0, 0.05) is 43.7 Å². The number of anilines is 1. The van der Waals surface area contributed by atoms with Gasteiger partial charge >= 0.3 is 0 Å². The van der Waals surface area contributed by atoms with Crippen LogP contribution in [0, 0.1) is 0 Å². The number of aromatic amines is 1. The SMILES string of the molecule is CN(C)SN1CCN(Cc2cnc[nH]2)c2ccccc2C1. The zero-order chi connectivity index (χ0) is 14.7. The minimum Gasteiger partial charge on any atom is -0.364 e. The van der Waals surface area contributed by atoms with E-state index >= 15 is 0 Å². The maximum absolute atomic E-state index is 4.12. The fraction of sp³-hybridized carbons (Fsp3) is 0.400. The second-order valence-electron chi connectivity index (χ2n) is 5.38. The van der Waals surface area contributed by atoms with Crippen LogP contribution in [0.3, 0.4) is 0 Å². The number of fused-ring (bicyclic) bond motifs is 1. The van der Waals surface area contributed by atoms with E-state index in [-0.39, 0.29) is 0 Å². The molecule has 0 spiro atoms. The van der Waals surface area contributed by atoms with Crippen LogP contribution in [0.15, 0.2) is 36.8 Å². The van der Waals surface area contributed by atoms with Gasteiger partial charge in [-0.1, -0.05) is 18.2 Å². The van der Waals surface area contributed by atoms with E-state index in [0.29, 0.717) is 0 Å². The summed E-state index contributed by atoms with van der Waals surface area (Å²) in [6.45, 7) is 3.89. The van der Waals surface area contributed by atoms with Gasteiger partial charge in [0.15, 0.2) is 0 Å². The van der Waals surface area contributed by atoms with Crippen molar-refractivity contribution >= 4 is 17.8 Å². The van der Waals surface area contributed by atoms with Crippen LogP contribution < -0.4 is 4.90 Å². The second kappa shape index (κ2) is 6.51. The predicted molar refractivity (Wildman–Crippen MR) is 87.8 cm³/mol. The van der Waals surface area contributed by atoms with Gasteiger partial charge in [-0.3, -0.25) is 0 Å². The van der Waals surface area contributed by atoms with Gasteiger partial charge in [-0.15, -0.1) is 0 Å². The molecule has 1 N–H and O–H groups in total. The molecule has 2 heterocycles. The van der Waals surface area contributed by atoms with Gasteiger partial charge in [0.2, 0.25) is 0 Å². The third-order valence-corrected chi connectivity index (χ3v) is 4.36. The van der Waals surface area contributed by atoms with E-state index in [2.05, 4.69) is 61.8 Å². The summed E-state index contributed by atoms with van der Waals surface area (Å²) in [6, 6.07) is 8.68. The van der Waals surface area contributed by atoms with Crippen LogP contribution in [0.5, 0.6) is 0 Å². The Morgan fingerprint density at radius 1 is 1.29 bits per heavy atom. The van der Waals surface area contributed by atoms with E-state index in [0.717, 1.165) is 31.9 Å². The highest BCUT2D eigenvalue weighted by Gasteiger charge is 2.20. The number of para-hydroxylation sites is 1. The number of hydrogen-bond donors (Lipinski definition) is 1.